The van der Waals surface area contributed by atoms with Gasteiger partial charge in [0.05, 0.1) is 21.3 Å². The van der Waals surface area contributed by atoms with Crippen LogP contribution in [0.2, 0.25) is 0 Å². The summed E-state index contributed by atoms with van der Waals surface area (Å²) >= 11 is 1.62. The molecule has 0 atom stereocenters. The number of aromatic nitrogens is 2. The number of nitrogens with zero attached hydrogens (tertiary/aromatic N) is 2. The van der Waals surface area contributed by atoms with E-state index in [1.54, 1.807) is 45.1 Å². The molecule has 142 valence electrons. The van der Waals surface area contributed by atoms with Gasteiger partial charge in [-0.3, -0.25) is 4.98 Å². The lowest BCUT2D eigenvalue weighted by atomic mass is 10.0. The van der Waals surface area contributed by atoms with Gasteiger partial charge in [0.2, 0.25) is 5.75 Å². The van der Waals surface area contributed by atoms with Crippen LogP contribution < -0.4 is 19.9 Å². The minimum Gasteiger partial charge on any atom is -0.493 e. The van der Waals surface area contributed by atoms with Gasteiger partial charge in [-0.1, -0.05) is 6.07 Å². The number of nitrogens with two attached hydrogens (primary N) is 1. The van der Waals surface area contributed by atoms with Crippen molar-refractivity contribution in [2.24, 2.45) is 0 Å². The van der Waals surface area contributed by atoms with Gasteiger partial charge in [-0.2, -0.15) is 0 Å². The SMILES string of the molecule is COc1cc(-c2cnc(N)c3c(-c4cccnc4)csc23)cc(OC)c1OC. The van der Waals surface area contributed by atoms with Crippen LogP contribution in [-0.4, -0.2) is 31.3 Å². The third-order valence-electron chi connectivity index (χ3n) is 4.57. The number of rotatable bonds is 5. The molecule has 0 amide bonds. The van der Waals surface area contributed by atoms with Crippen molar-refractivity contribution in [2.45, 2.75) is 0 Å². The van der Waals surface area contributed by atoms with Gasteiger partial charge in [-0.05, 0) is 23.8 Å². The number of anilines is 1. The molecular formula is C21H19N3O3S. The highest BCUT2D eigenvalue weighted by Gasteiger charge is 2.19. The van der Waals surface area contributed by atoms with Crippen LogP contribution in [0.25, 0.3) is 32.3 Å². The molecule has 0 bridgehead atoms. The third kappa shape index (κ3) is 2.90. The molecule has 7 heteroatoms. The molecule has 6 nitrogen and oxygen atoms in total. The van der Waals surface area contributed by atoms with Gasteiger partial charge in [-0.25, -0.2) is 4.98 Å². The molecule has 0 spiro atoms. The van der Waals surface area contributed by atoms with Crippen molar-refractivity contribution in [1.29, 1.82) is 0 Å². The van der Waals surface area contributed by atoms with Crippen LogP contribution in [0, 0.1) is 0 Å². The summed E-state index contributed by atoms with van der Waals surface area (Å²) < 4.78 is 17.5. The first-order chi connectivity index (χ1) is 13.7. The predicted molar refractivity (Wildman–Crippen MR) is 112 cm³/mol. The highest BCUT2D eigenvalue weighted by Crippen LogP contribution is 2.45. The van der Waals surface area contributed by atoms with E-state index in [2.05, 4.69) is 15.3 Å². The summed E-state index contributed by atoms with van der Waals surface area (Å²) in [6.45, 7) is 0. The topological polar surface area (TPSA) is 79.5 Å². The zero-order valence-electron chi connectivity index (χ0n) is 15.7. The minimum absolute atomic E-state index is 0.492. The molecule has 28 heavy (non-hydrogen) atoms. The smallest absolute Gasteiger partial charge is 0.203 e. The summed E-state index contributed by atoms with van der Waals surface area (Å²) in [5, 5.41) is 3.01. The molecule has 0 aliphatic heterocycles. The monoisotopic (exact) mass is 393 g/mol. The summed E-state index contributed by atoms with van der Waals surface area (Å²) in [6.07, 6.45) is 5.36. The van der Waals surface area contributed by atoms with Crippen LogP contribution >= 0.6 is 11.3 Å². The van der Waals surface area contributed by atoms with Gasteiger partial charge in [0.1, 0.15) is 5.82 Å². The number of pyridine rings is 2. The van der Waals surface area contributed by atoms with Crippen LogP contribution in [0.15, 0.2) is 48.2 Å². The van der Waals surface area contributed by atoms with E-state index >= 15 is 0 Å². The first-order valence-corrected chi connectivity index (χ1v) is 9.42. The van der Waals surface area contributed by atoms with Crippen molar-refractivity contribution in [3.05, 3.63) is 48.2 Å². The summed E-state index contributed by atoms with van der Waals surface area (Å²) in [4.78, 5) is 8.67. The van der Waals surface area contributed by atoms with Gasteiger partial charge in [0.15, 0.2) is 11.5 Å². The Morgan fingerprint density at radius 1 is 0.929 bits per heavy atom. The van der Waals surface area contributed by atoms with Crippen molar-refractivity contribution in [3.8, 4) is 39.5 Å². The Morgan fingerprint density at radius 3 is 2.29 bits per heavy atom. The molecule has 0 aliphatic rings. The van der Waals surface area contributed by atoms with Gasteiger partial charge in [0, 0.05) is 50.7 Å². The Balaban J connectivity index is 1.96. The van der Waals surface area contributed by atoms with Crippen LogP contribution in [0.5, 0.6) is 17.2 Å². The number of ether oxygens (including phenoxy) is 3. The molecule has 3 aromatic heterocycles. The lowest BCUT2D eigenvalue weighted by molar-refractivity contribution is 0.324. The van der Waals surface area contributed by atoms with Crippen molar-refractivity contribution in [2.75, 3.05) is 27.1 Å². The molecule has 3 heterocycles. The molecule has 4 rings (SSSR count). The van der Waals surface area contributed by atoms with Crippen LogP contribution in [-0.2, 0) is 0 Å². The number of thiophene rings is 1. The van der Waals surface area contributed by atoms with Crippen molar-refractivity contribution < 1.29 is 14.2 Å². The second kappa shape index (κ2) is 7.36. The van der Waals surface area contributed by atoms with Crippen LogP contribution in [0.3, 0.4) is 0 Å². The predicted octanol–water partition coefficient (Wildman–Crippen LogP) is 4.63. The van der Waals surface area contributed by atoms with Crippen LogP contribution in [0.1, 0.15) is 0 Å². The fourth-order valence-corrected chi connectivity index (χ4v) is 4.36. The molecule has 1 aromatic carbocycles. The van der Waals surface area contributed by atoms with Crippen molar-refractivity contribution in [1.82, 2.24) is 9.97 Å². The number of benzene rings is 1. The highest BCUT2D eigenvalue weighted by atomic mass is 32.1. The van der Waals surface area contributed by atoms with Crippen molar-refractivity contribution in [3.63, 3.8) is 0 Å². The third-order valence-corrected chi connectivity index (χ3v) is 5.59. The summed E-state index contributed by atoms with van der Waals surface area (Å²) in [6, 6.07) is 7.75. The molecule has 4 aromatic rings. The molecule has 0 aliphatic carbocycles. The maximum absolute atomic E-state index is 6.25. The van der Waals surface area contributed by atoms with E-state index in [9.17, 15) is 0 Å². The standard InChI is InChI=1S/C21H19N3O3S/c1-25-16-7-13(8-17(26-2)19(16)27-3)14-10-24-21(22)18-15(11-28-20(14)18)12-5-4-6-23-9-12/h4-11H,1-3H3,(H2,22,24). The van der Waals surface area contributed by atoms with E-state index < -0.39 is 0 Å². The Labute approximate surface area is 166 Å². The molecule has 0 saturated carbocycles. The Kier molecular flexibility index (Phi) is 4.75. The lowest BCUT2D eigenvalue weighted by Crippen LogP contribution is -1.97. The Hall–Kier alpha value is -3.32. The number of nitrogen functional groups attached to an aromatic ring is 1. The van der Waals surface area contributed by atoms with Gasteiger partial charge in [-0.15, -0.1) is 11.3 Å². The molecular weight excluding hydrogens is 374 g/mol. The van der Waals surface area contributed by atoms with E-state index in [0.717, 1.165) is 32.3 Å². The molecule has 0 saturated heterocycles. The Bertz CT molecular complexity index is 1120. The van der Waals surface area contributed by atoms with Gasteiger partial charge >= 0.3 is 0 Å². The number of hydrogen-bond acceptors (Lipinski definition) is 7. The summed E-state index contributed by atoms with van der Waals surface area (Å²) in [5.74, 6) is 2.22. The molecule has 0 fully saturated rings. The highest BCUT2D eigenvalue weighted by molar-refractivity contribution is 7.18. The zero-order chi connectivity index (χ0) is 19.7. The average molecular weight is 393 g/mol. The average Bonchev–Trinajstić information content (AvgIpc) is 3.19. The second-order valence-electron chi connectivity index (χ2n) is 6.07. The van der Waals surface area contributed by atoms with E-state index in [-0.39, 0.29) is 0 Å². The first kappa shape index (κ1) is 18.1. The number of fused-ring (bicyclic) bond motifs is 1. The molecule has 2 N–H and O–H groups in total. The first-order valence-electron chi connectivity index (χ1n) is 8.54. The van der Waals surface area contributed by atoms with E-state index in [1.165, 1.54) is 0 Å². The summed E-state index contributed by atoms with van der Waals surface area (Å²) in [5.41, 5.74) is 10.1. The molecule has 0 radical (unpaired) electrons. The van der Waals surface area contributed by atoms with Gasteiger partial charge in [0.25, 0.3) is 0 Å². The van der Waals surface area contributed by atoms with E-state index in [1.807, 2.05) is 30.5 Å². The van der Waals surface area contributed by atoms with E-state index in [0.29, 0.717) is 23.1 Å². The second-order valence-corrected chi connectivity index (χ2v) is 6.95. The maximum atomic E-state index is 6.25. The fraction of sp³-hybridized carbons (Fsp3) is 0.143. The normalized spacial score (nSPS) is 10.8. The number of methoxy groups -OCH3 is 3. The summed E-state index contributed by atoms with van der Waals surface area (Å²) in [7, 11) is 4.79. The lowest BCUT2D eigenvalue weighted by Gasteiger charge is -2.14. The Morgan fingerprint density at radius 2 is 1.68 bits per heavy atom. The van der Waals surface area contributed by atoms with Crippen molar-refractivity contribution >= 4 is 27.2 Å². The molecule has 0 unspecified atom stereocenters. The quantitative estimate of drug-likeness (QED) is 0.532. The largest absolute Gasteiger partial charge is 0.493 e. The van der Waals surface area contributed by atoms with Gasteiger partial charge < -0.3 is 19.9 Å². The minimum atomic E-state index is 0.492. The maximum Gasteiger partial charge on any atom is 0.203 e. The fourth-order valence-electron chi connectivity index (χ4n) is 3.24. The van der Waals surface area contributed by atoms with Crippen LogP contribution in [0.4, 0.5) is 5.82 Å². The zero-order valence-corrected chi connectivity index (χ0v) is 16.5. The van der Waals surface area contributed by atoms with E-state index in [4.69, 9.17) is 19.9 Å². The number of hydrogen-bond donors (Lipinski definition) is 1.